The summed E-state index contributed by atoms with van der Waals surface area (Å²) in [6.07, 6.45) is 1.11. The van der Waals surface area contributed by atoms with Crippen molar-refractivity contribution in [3.05, 3.63) is 77.7 Å². The number of aryl methyl sites for hydroxylation is 1. The van der Waals surface area contributed by atoms with Crippen molar-refractivity contribution >= 4 is 16.7 Å². The molecule has 5 heteroatoms. The van der Waals surface area contributed by atoms with Gasteiger partial charge >= 0.3 is 0 Å². The number of hydrogen-bond donors (Lipinski definition) is 2. The van der Waals surface area contributed by atoms with Crippen LogP contribution in [-0.4, -0.2) is 22.1 Å². The molecule has 2 aromatic heterocycles. The van der Waals surface area contributed by atoms with Gasteiger partial charge in [-0.3, -0.25) is 0 Å². The zero-order chi connectivity index (χ0) is 20.5. The van der Waals surface area contributed by atoms with Crippen LogP contribution in [0.3, 0.4) is 0 Å². The van der Waals surface area contributed by atoms with Crippen LogP contribution in [0.15, 0.2) is 60.8 Å². The normalized spacial score (nSPS) is 12.2. The number of pyridine rings is 2. The Morgan fingerprint density at radius 2 is 1.76 bits per heavy atom. The van der Waals surface area contributed by atoms with Gasteiger partial charge in [-0.15, -0.1) is 0 Å². The summed E-state index contributed by atoms with van der Waals surface area (Å²) in [6, 6.07) is 16.3. The second-order valence-electron chi connectivity index (χ2n) is 7.17. The maximum Gasteiger partial charge on any atom is 0.126 e. The maximum absolute atomic E-state index is 13.5. The number of halogens is 1. The summed E-state index contributed by atoms with van der Waals surface area (Å²) in [7, 11) is 1.82. The van der Waals surface area contributed by atoms with Crippen molar-refractivity contribution in [1.82, 2.24) is 9.97 Å². The highest BCUT2D eigenvalue weighted by atomic mass is 19.1. The van der Waals surface area contributed by atoms with E-state index in [1.54, 1.807) is 25.3 Å². The smallest absolute Gasteiger partial charge is 0.126 e. The highest BCUT2D eigenvalue weighted by Crippen LogP contribution is 2.36. The third-order valence-electron chi connectivity index (χ3n) is 5.01. The molecular formula is C24H22FN3O. The second kappa shape index (κ2) is 7.60. The minimum absolute atomic E-state index is 0.286. The van der Waals surface area contributed by atoms with Crippen LogP contribution in [0.25, 0.3) is 33.3 Å². The van der Waals surface area contributed by atoms with E-state index in [2.05, 4.69) is 10.3 Å². The number of aliphatic hydroxyl groups is 1. The zero-order valence-electron chi connectivity index (χ0n) is 16.6. The number of benzene rings is 2. The fourth-order valence-corrected chi connectivity index (χ4v) is 3.58. The Hall–Kier alpha value is -3.31. The van der Waals surface area contributed by atoms with Crippen LogP contribution >= 0.6 is 0 Å². The van der Waals surface area contributed by atoms with Crippen LogP contribution in [0, 0.1) is 12.7 Å². The third-order valence-corrected chi connectivity index (χ3v) is 5.01. The zero-order valence-corrected chi connectivity index (χ0v) is 16.6. The van der Waals surface area contributed by atoms with E-state index in [4.69, 9.17) is 4.98 Å². The number of nitrogens with one attached hydrogen (secondary N) is 1. The summed E-state index contributed by atoms with van der Waals surface area (Å²) in [6.45, 7) is 3.74. The average Bonchev–Trinajstić information content (AvgIpc) is 2.72. The quantitative estimate of drug-likeness (QED) is 0.485. The van der Waals surface area contributed by atoms with Crippen molar-refractivity contribution < 1.29 is 9.50 Å². The molecule has 0 saturated heterocycles. The van der Waals surface area contributed by atoms with E-state index in [9.17, 15) is 9.50 Å². The summed E-state index contributed by atoms with van der Waals surface area (Å²) < 4.78 is 13.5. The molecule has 0 aliphatic rings. The number of aromatic nitrogens is 2. The molecule has 4 nitrogen and oxygen atoms in total. The summed E-state index contributed by atoms with van der Waals surface area (Å²) in [5, 5.41) is 14.2. The van der Waals surface area contributed by atoms with E-state index in [1.165, 1.54) is 12.1 Å². The first-order valence-electron chi connectivity index (χ1n) is 9.50. The van der Waals surface area contributed by atoms with Crippen LogP contribution < -0.4 is 5.32 Å². The van der Waals surface area contributed by atoms with Gasteiger partial charge in [0.05, 0.1) is 17.3 Å². The monoisotopic (exact) mass is 387 g/mol. The largest absolute Gasteiger partial charge is 0.389 e. The summed E-state index contributed by atoms with van der Waals surface area (Å²) >= 11 is 0. The SMILES string of the molecule is CNc1cc(-c2nc3cc(C)cc(C(C)O)c3cc2-c2ccc(F)cc2)ccn1. The molecule has 0 aliphatic heterocycles. The van der Waals surface area contributed by atoms with E-state index in [0.29, 0.717) is 0 Å². The number of fused-ring (bicyclic) bond motifs is 1. The topological polar surface area (TPSA) is 58.0 Å². The van der Waals surface area contributed by atoms with Crippen molar-refractivity contribution in [3.63, 3.8) is 0 Å². The first-order chi connectivity index (χ1) is 14.0. The number of hydrogen-bond acceptors (Lipinski definition) is 4. The Morgan fingerprint density at radius 3 is 2.45 bits per heavy atom. The van der Waals surface area contributed by atoms with Gasteiger partial charge in [0.15, 0.2) is 0 Å². The number of anilines is 1. The van der Waals surface area contributed by atoms with Gasteiger partial charge in [0.25, 0.3) is 0 Å². The Balaban J connectivity index is 2.06. The minimum Gasteiger partial charge on any atom is -0.389 e. The molecule has 0 aliphatic carbocycles. The fraction of sp³-hybridized carbons (Fsp3) is 0.167. The molecule has 0 amide bonds. The van der Waals surface area contributed by atoms with Gasteiger partial charge in [-0.1, -0.05) is 18.2 Å². The maximum atomic E-state index is 13.5. The standard InChI is InChI=1S/C24H22FN3O/c1-14-10-19(15(2)29)21-13-20(16-4-6-18(25)7-5-16)24(28-22(21)11-14)17-8-9-27-23(12-17)26-3/h4-13,15,29H,1-3H3,(H,26,27). The minimum atomic E-state index is -0.622. The number of aliphatic hydroxyl groups excluding tert-OH is 1. The van der Waals surface area contributed by atoms with Gasteiger partial charge in [-0.2, -0.15) is 0 Å². The Labute approximate surface area is 169 Å². The Morgan fingerprint density at radius 1 is 1.00 bits per heavy atom. The summed E-state index contributed by atoms with van der Waals surface area (Å²) in [4.78, 5) is 9.25. The molecule has 4 aromatic rings. The lowest BCUT2D eigenvalue weighted by molar-refractivity contribution is 0.201. The Bertz CT molecular complexity index is 1190. The average molecular weight is 387 g/mol. The first kappa shape index (κ1) is 19.0. The predicted molar refractivity (Wildman–Crippen MR) is 115 cm³/mol. The lowest BCUT2D eigenvalue weighted by Crippen LogP contribution is -1.99. The van der Waals surface area contributed by atoms with E-state index in [-0.39, 0.29) is 5.82 Å². The van der Waals surface area contributed by atoms with E-state index >= 15 is 0 Å². The van der Waals surface area contributed by atoms with Crippen molar-refractivity contribution in [2.75, 3.05) is 12.4 Å². The molecule has 0 bridgehead atoms. The first-order valence-corrected chi connectivity index (χ1v) is 9.50. The highest BCUT2D eigenvalue weighted by molar-refractivity contribution is 5.94. The lowest BCUT2D eigenvalue weighted by Gasteiger charge is -2.16. The van der Waals surface area contributed by atoms with E-state index in [1.807, 2.05) is 44.3 Å². The van der Waals surface area contributed by atoms with Crippen LogP contribution in [0.1, 0.15) is 24.2 Å². The molecule has 0 spiro atoms. The van der Waals surface area contributed by atoms with Gasteiger partial charge < -0.3 is 10.4 Å². The van der Waals surface area contributed by atoms with Crippen LogP contribution in [0.2, 0.25) is 0 Å². The molecule has 29 heavy (non-hydrogen) atoms. The molecule has 0 fully saturated rings. The van der Waals surface area contributed by atoms with Crippen molar-refractivity contribution in [1.29, 1.82) is 0 Å². The van der Waals surface area contributed by atoms with E-state index in [0.717, 1.165) is 50.2 Å². The molecule has 0 radical (unpaired) electrons. The van der Waals surface area contributed by atoms with Crippen molar-refractivity contribution in [2.45, 2.75) is 20.0 Å². The number of rotatable bonds is 4. The van der Waals surface area contributed by atoms with Gasteiger partial charge in [0, 0.05) is 29.8 Å². The molecule has 1 atom stereocenters. The molecule has 146 valence electrons. The van der Waals surface area contributed by atoms with Crippen LogP contribution in [-0.2, 0) is 0 Å². The third kappa shape index (κ3) is 3.69. The highest BCUT2D eigenvalue weighted by Gasteiger charge is 2.16. The molecule has 2 N–H and O–H groups in total. The van der Waals surface area contributed by atoms with E-state index < -0.39 is 6.10 Å². The van der Waals surface area contributed by atoms with Gasteiger partial charge in [-0.05, 0) is 66.9 Å². The second-order valence-corrected chi connectivity index (χ2v) is 7.17. The van der Waals surface area contributed by atoms with Crippen LogP contribution in [0.4, 0.5) is 10.2 Å². The molecule has 2 heterocycles. The summed E-state index contributed by atoms with van der Waals surface area (Å²) in [5.41, 5.74) is 6.09. The molecule has 4 rings (SSSR count). The van der Waals surface area contributed by atoms with Crippen molar-refractivity contribution in [3.8, 4) is 22.4 Å². The van der Waals surface area contributed by atoms with Gasteiger partial charge in [0.2, 0.25) is 0 Å². The molecule has 0 saturated carbocycles. The summed E-state index contributed by atoms with van der Waals surface area (Å²) in [5.74, 6) is 0.453. The molecule has 2 aromatic carbocycles. The van der Waals surface area contributed by atoms with Gasteiger partial charge in [0.1, 0.15) is 11.6 Å². The molecular weight excluding hydrogens is 365 g/mol. The number of nitrogens with zero attached hydrogens (tertiary/aromatic N) is 2. The van der Waals surface area contributed by atoms with Crippen molar-refractivity contribution in [2.24, 2.45) is 0 Å². The lowest BCUT2D eigenvalue weighted by atomic mass is 9.94. The Kier molecular flexibility index (Phi) is 4.99. The molecule has 1 unspecified atom stereocenters. The predicted octanol–water partition coefficient (Wildman–Crippen LogP) is 5.51. The fourth-order valence-electron chi connectivity index (χ4n) is 3.58. The van der Waals surface area contributed by atoms with Crippen LogP contribution in [0.5, 0.6) is 0 Å². The van der Waals surface area contributed by atoms with Gasteiger partial charge in [-0.25, -0.2) is 14.4 Å².